The third-order valence-corrected chi connectivity index (χ3v) is 5.17. The molecule has 10 heteroatoms. The molecule has 2 aromatic carbocycles. The molecule has 2 aromatic heterocycles. The number of amides is 1. The van der Waals surface area contributed by atoms with Gasteiger partial charge >= 0.3 is 0 Å². The highest BCUT2D eigenvalue weighted by atomic mass is 19.2. The molecule has 4 aromatic rings. The number of aryl methyl sites for hydroxylation is 2. The van der Waals surface area contributed by atoms with Crippen LogP contribution in [0.25, 0.3) is 0 Å². The molecule has 0 saturated carbocycles. The lowest BCUT2D eigenvalue weighted by Gasteiger charge is -2.07. The molecule has 0 aliphatic carbocycles. The molecule has 0 atom stereocenters. The number of carbonyl (C=O) groups is 1. The van der Waals surface area contributed by atoms with E-state index >= 15 is 0 Å². The molecular formula is C24H19F4N3O3. The Labute approximate surface area is 191 Å². The summed E-state index contributed by atoms with van der Waals surface area (Å²) in [6.07, 6.45) is 2.52. The first kappa shape index (κ1) is 23.1. The van der Waals surface area contributed by atoms with Crippen molar-refractivity contribution in [3.63, 3.8) is 0 Å². The summed E-state index contributed by atoms with van der Waals surface area (Å²) in [5.41, 5.74) is 1.75. The van der Waals surface area contributed by atoms with Crippen LogP contribution in [0.15, 0.2) is 53.2 Å². The SMILES string of the molecule is Cc1ccc(OCc2ccc(C(=O)Nc3cnn(Cc4c(F)cc(F)c(F)c4F)c3)o2)cc1C. The summed E-state index contributed by atoms with van der Waals surface area (Å²) in [4.78, 5) is 12.4. The molecule has 0 bridgehead atoms. The van der Waals surface area contributed by atoms with Gasteiger partial charge in [-0.05, 0) is 49.2 Å². The van der Waals surface area contributed by atoms with Crippen LogP contribution in [0.3, 0.4) is 0 Å². The molecule has 6 nitrogen and oxygen atoms in total. The average molecular weight is 473 g/mol. The van der Waals surface area contributed by atoms with Crippen LogP contribution in [0.2, 0.25) is 0 Å². The van der Waals surface area contributed by atoms with Crippen molar-refractivity contribution in [2.75, 3.05) is 5.32 Å². The van der Waals surface area contributed by atoms with E-state index in [1.165, 1.54) is 18.5 Å². The zero-order valence-corrected chi connectivity index (χ0v) is 18.2. The normalized spacial score (nSPS) is 11.0. The highest BCUT2D eigenvalue weighted by molar-refractivity contribution is 6.02. The second-order valence-electron chi connectivity index (χ2n) is 7.63. The highest BCUT2D eigenvalue weighted by Crippen LogP contribution is 2.21. The van der Waals surface area contributed by atoms with Crippen molar-refractivity contribution in [2.24, 2.45) is 0 Å². The number of aromatic nitrogens is 2. The minimum atomic E-state index is -1.77. The summed E-state index contributed by atoms with van der Waals surface area (Å²) >= 11 is 0. The number of ether oxygens (including phenoxy) is 1. The van der Waals surface area contributed by atoms with E-state index in [0.717, 1.165) is 15.8 Å². The molecule has 176 valence electrons. The van der Waals surface area contributed by atoms with Crippen molar-refractivity contribution >= 4 is 11.6 Å². The number of furan rings is 1. The van der Waals surface area contributed by atoms with Gasteiger partial charge < -0.3 is 14.5 Å². The Hall–Kier alpha value is -4.08. The first-order valence-electron chi connectivity index (χ1n) is 10.2. The maximum Gasteiger partial charge on any atom is 0.291 e. The van der Waals surface area contributed by atoms with E-state index in [0.29, 0.717) is 11.5 Å². The zero-order chi connectivity index (χ0) is 24.4. The van der Waals surface area contributed by atoms with Crippen LogP contribution in [-0.2, 0) is 13.2 Å². The Morgan fingerprint density at radius 1 is 1.03 bits per heavy atom. The van der Waals surface area contributed by atoms with Crippen molar-refractivity contribution in [1.29, 1.82) is 0 Å². The second kappa shape index (κ2) is 9.42. The minimum Gasteiger partial charge on any atom is -0.486 e. The number of hydrogen-bond donors (Lipinski definition) is 1. The standard InChI is InChI=1S/C24H19F4N3O3/c1-13-3-4-16(7-14(13)2)33-12-17-5-6-21(34-17)24(32)30-15-9-29-31(10-15)11-18-19(25)8-20(26)23(28)22(18)27/h3-10H,11-12H2,1-2H3,(H,30,32). The number of nitrogens with zero attached hydrogens (tertiary/aromatic N) is 2. The highest BCUT2D eigenvalue weighted by Gasteiger charge is 2.20. The number of nitrogens with one attached hydrogen (secondary N) is 1. The molecular weight excluding hydrogens is 454 g/mol. The van der Waals surface area contributed by atoms with E-state index in [1.807, 2.05) is 32.0 Å². The molecule has 1 amide bonds. The van der Waals surface area contributed by atoms with Crippen molar-refractivity contribution in [1.82, 2.24) is 9.78 Å². The fraction of sp³-hybridized carbons (Fsp3) is 0.167. The Morgan fingerprint density at radius 2 is 1.82 bits per heavy atom. The summed E-state index contributed by atoms with van der Waals surface area (Å²) < 4.78 is 66.5. The largest absolute Gasteiger partial charge is 0.486 e. The van der Waals surface area contributed by atoms with Crippen LogP contribution in [0.1, 0.15) is 33.0 Å². The van der Waals surface area contributed by atoms with Crippen LogP contribution in [0.5, 0.6) is 5.75 Å². The Morgan fingerprint density at radius 3 is 2.59 bits per heavy atom. The average Bonchev–Trinajstić information content (AvgIpc) is 3.45. The number of benzene rings is 2. The van der Waals surface area contributed by atoms with E-state index in [9.17, 15) is 22.4 Å². The van der Waals surface area contributed by atoms with Gasteiger partial charge in [-0.2, -0.15) is 5.10 Å². The molecule has 34 heavy (non-hydrogen) atoms. The van der Waals surface area contributed by atoms with Gasteiger partial charge in [-0.25, -0.2) is 17.6 Å². The van der Waals surface area contributed by atoms with Crippen LogP contribution in [-0.4, -0.2) is 15.7 Å². The molecule has 4 rings (SSSR count). The predicted molar refractivity (Wildman–Crippen MR) is 115 cm³/mol. The lowest BCUT2D eigenvalue weighted by atomic mass is 10.1. The molecule has 0 saturated heterocycles. The van der Waals surface area contributed by atoms with Gasteiger partial charge in [-0.3, -0.25) is 9.48 Å². The van der Waals surface area contributed by atoms with Crippen LogP contribution in [0, 0.1) is 37.1 Å². The molecule has 2 heterocycles. The molecule has 0 aliphatic rings. The fourth-order valence-corrected chi connectivity index (χ4v) is 3.15. The topological polar surface area (TPSA) is 69.3 Å². The Balaban J connectivity index is 1.37. The number of halogens is 4. The van der Waals surface area contributed by atoms with Crippen molar-refractivity contribution in [3.8, 4) is 5.75 Å². The van der Waals surface area contributed by atoms with Crippen LogP contribution < -0.4 is 10.1 Å². The van der Waals surface area contributed by atoms with Gasteiger partial charge in [-0.1, -0.05) is 6.07 Å². The van der Waals surface area contributed by atoms with Gasteiger partial charge in [0.15, 0.2) is 23.2 Å². The molecule has 0 spiro atoms. The number of anilines is 1. The van der Waals surface area contributed by atoms with Gasteiger partial charge in [0.2, 0.25) is 0 Å². The second-order valence-corrected chi connectivity index (χ2v) is 7.63. The van der Waals surface area contributed by atoms with Crippen molar-refractivity contribution in [2.45, 2.75) is 27.0 Å². The van der Waals surface area contributed by atoms with Gasteiger partial charge in [0.05, 0.1) is 18.4 Å². The first-order valence-corrected chi connectivity index (χ1v) is 10.2. The monoisotopic (exact) mass is 473 g/mol. The van der Waals surface area contributed by atoms with E-state index in [-0.39, 0.29) is 24.1 Å². The van der Waals surface area contributed by atoms with E-state index in [1.54, 1.807) is 6.07 Å². The van der Waals surface area contributed by atoms with Crippen molar-refractivity contribution in [3.05, 3.63) is 100 Å². The van der Waals surface area contributed by atoms with Gasteiger partial charge in [-0.15, -0.1) is 0 Å². The van der Waals surface area contributed by atoms with E-state index in [4.69, 9.17) is 9.15 Å². The maximum absolute atomic E-state index is 13.9. The van der Waals surface area contributed by atoms with Gasteiger partial charge in [0.25, 0.3) is 5.91 Å². The quantitative estimate of drug-likeness (QED) is 0.218. The summed E-state index contributed by atoms with van der Waals surface area (Å²) in [5, 5.41) is 6.41. The summed E-state index contributed by atoms with van der Waals surface area (Å²) in [7, 11) is 0. The third-order valence-electron chi connectivity index (χ3n) is 5.17. The fourth-order valence-electron chi connectivity index (χ4n) is 3.15. The third kappa shape index (κ3) is 4.95. The zero-order valence-electron chi connectivity index (χ0n) is 18.2. The molecule has 0 fully saturated rings. The van der Waals surface area contributed by atoms with E-state index in [2.05, 4.69) is 10.4 Å². The molecule has 1 N–H and O–H groups in total. The molecule has 0 radical (unpaired) electrons. The maximum atomic E-state index is 13.9. The lowest BCUT2D eigenvalue weighted by molar-refractivity contribution is 0.0992. The van der Waals surface area contributed by atoms with Crippen LogP contribution >= 0.6 is 0 Å². The van der Waals surface area contributed by atoms with Gasteiger partial charge in [0.1, 0.15) is 23.9 Å². The first-order chi connectivity index (χ1) is 16.2. The number of carbonyl (C=O) groups excluding carboxylic acids is 1. The van der Waals surface area contributed by atoms with E-state index < -0.39 is 41.3 Å². The molecule has 0 unspecified atom stereocenters. The Kier molecular flexibility index (Phi) is 6.40. The Bertz CT molecular complexity index is 1360. The molecule has 0 aliphatic heterocycles. The number of hydrogen-bond acceptors (Lipinski definition) is 4. The summed E-state index contributed by atoms with van der Waals surface area (Å²) in [6.45, 7) is 3.59. The van der Waals surface area contributed by atoms with Gasteiger partial charge in [0, 0.05) is 17.8 Å². The summed E-state index contributed by atoms with van der Waals surface area (Å²) in [6, 6.07) is 9.04. The smallest absolute Gasteiger partial charge is 0.291 e. The van der Waals surface area contributed by atoms with Crippen LogP contribution in [0.4, 0.5) is 23.2 Å². The number of rotatable bonds is 7. The predicted octanol–water partition coefficient (Wildman–Crippen LogP) is 5.53. The minimum absolute atomic E-state index is 0.0177. The summed E-state index contributed by atoms with van der Waals surface area (Å²) in [5.74, 6) is -5.73. The lowest BCUT2D eigenvalue weighted by Crippen LogP contribution is -2.11. The van der Waals surface area contributed by atoms with Crippen molar-refractivity contribution < 1.29 is 31.5 Å².